The summed E-state index contributed by atoms with van der Waals surface area (Å²) in [6.45, 7) is 2.68. The van der Waals surface area contributed by atoms with Gasteiger partial charge < -0.3 is 15.0 Å². The van der Waals surface area contributed by atoms with Gasteiger partial charge in [-0.25, -0.2) is 4.79 Å². The Hall–Kier alpha value is -2.82. The molecule has 2 aromatic carbocycles. The average molecular weight is 326 g/mol. The van der Waals surface area contributed by atoms with Crippen molar-refractivity contribution >= 4 is 17.6 Å². The molecule has 2 rings (SSSR count). The summed E-state index contributed by atoms with van der Waals surface area (Å²) in [6, 6.07) is 14.9. The molecule has 0 atom stereocenters. The Balaban J connectivity index is 1.98. The summed E-state index contributed by atoms with van der Waals surface area (Å²) in [6.07, 6.45) is 0. The number of carbonyl (C=O) groups excluding carboxylic acids is 2. The van der Waals surface area contributed by atoms with Crippen molar-refractivity contribution < 1.29 is 14.3 Å². The third-order valence-electron chi connectivity index (χ3n) is 3.86. The molecule has 5 heteroatoms. The minimum atomic E-state index is -0.432. The molecule has 0 aromatic heterocycles. The van der Waals surface area contributed by atoms with Gasteiger partial charge in [-0.3, -0.25) is 4.79 Å². The van der Waals surface area contributed by atoms with Crippen molar-refractivity contribution in [2.45, 2.75) is 13.5 Å². The molecule has 1 N–H and O–H groups in total. The number of methoxy groups -OCH3 is 1. The molecule has 0 bridgehead atoms. The number of esters is 1. The molecule has 0 aliphatic carbocycles. The van der Waals surface area contributed by atoms with Crippen LogP contribution >= 0.6 is 0 Å². The molecule has 0 heterocycles. The van der Waals surface area contributed by atoms with Gasteiger partial charge in [-0.05, 0) is 30.2 Å². The van der Waals surface area contributed by atoms with E-state index in [9.17, 15) is 9.59 Å². The lowest BCUT2D eigenvalue weighted by Crippen LogP contribution is -2.32. The van der Waals surface area contributed by atoms with E-state index in [1.54, 1.807) is 36.2 Å². The van der Waals surface area contributed by atoms with Crippen LogP contribution in [0.15, 0.2) is 48.5 Å². The Morgan fingerprint density at radius 1 is 1.08 bits per heavy atom. The van der Waals surface area contributed by atoms with Crippen LogP contribution in [-0.4, -0.2) is 37.5 Å². The van der Waals surface area contributed by atoms with Crippen molar-refractivity contribution in [3.05, 3.63) is 65.2 Å². The molecule has 5 nitrogen and oxygen atoms in total. The second kappa shape index (κ2) is 8.15. The van der Waals surface area contributed by atoms with Crippen LogP contribution in [-0.2, 0) is 16.1 Å². The van der Waals surface area contributed by atoms with E-state index in [4.69, 9.17) is 4.74 Å². The molecule has 2 aromatic rings. The number of amides is 1. The number of anilines is 1. The van der Waals surface area contributed by atoms with E-state index < -0.39 is 5.97 Å². The Morgan fingerprint density at radius 2 is 1.75 bits per heavy atom. The third-order valence-corrected chi connectivity index (χ3v) is 3.86. The molecular weight excluding hydrogens is 304 g/mol. The van der Waals surface area contributed by atoms with Crippen LogP contribution in [0.25, 0.3) is 0 Å². The van der Waals surface area contributed by atoms with E-state index in [0.29, 0.717) is 17.8 Å². The normalized spacial score (nSPS) is 10.1. The van der Waals surface area contributed by atoms with Gasteiger partial charge >= 0.3 is 5.97 Å². The Morgan fingerprint density at radius 3 is 2.46 bits per heavy atom. The predicted octanol–water partition coefficient (Wildman–Crippen LogP) is 2.85. The predicted molar refractivity (Wildman–Crippen MR) is 93.9 cm³/mol. The van der Waals surface area contributed by atoms with Gasteiger partial charge in [-0.1, -0.05) is 36.4 Å². The number of nitrogens with one attached hydrogen (secondary N) is 1. The molecular formula is C19H22N2O3. The highest BCUT2D eigenvalue weighted by Gasteiger charge is 2.14. The molecule has 0 fully saturated rings. The van der Waals surface area contributed by atoms with E-state index in [-0.39, 0.29) is 12.5 Å². The molecule has 0 radical (unpaired) electrons. The maximum atomic E-state index is 12.3. The number of likely N-dealkylation sites (N-methyl/N-ethyl adjacent to an activating group) is 1. The monoisotopic (exact) mass is 326 g/mol. The van der Waals surface area contributed by atoms with E-state index >= 15 is 0 Å². The van der Waals surface area contributed by atoms with Gasteiger partial charge in [0.1, 0.15) is 0 Å². The first-order chi connectivity index (χ1) is 11.5. The number of ether oxygens (including phenoxy) is 1. The van der Waals surface area contributed by atoms with E-state index in [0.717, 1.165) is 11.1 Å². The van der Waals surface area contributed by atoms with Gasteiger partial charge in [-0.15, -0.1) is 0 Å². The molecule has 24 heavy (non-hydrogen) atoms. The lowest BCUT2D eigenvalue weighted by Gasteiger charge is -2.19. The van der Waals surface area contributed by atoms with Gasteiger partial charge in [0.25, 0.3) is 0 Å². The van der Waals surface area contributed by atoms with Crippen LogP contribution < -0.4 is 5.32 Å². The second-order valence-corrected chi connectivity index (χ2v) is 5.57. The molecule has 0 spiro atoms. The van der Waals surface area contributed by atoms with E-state index in [1.165, 1.54) is 7.11 Å². The number of hydrogen-bond acceptors (Lipinski definition) is 4. The van der Waals surface area contributed by atoms with Crippen LogP contribution in [0.5, 0.6) is 0 Å². The number of carbonyl (C=O) groups is 2. The van der Waals surface area contributed by atoms with Crippen molar-refractivity contribution in [1.29, 1.82) is 0 Å². The fourth-order valence-electron chi connectivity index (χ4n) is 2.36. The van der Waals surface area contributed by atoms with Crippen molar-refractivity contribution in [2.75, 3.05) is 26.0 Å². The first kappa shape index (κ1) is 17.5. The molecule has 0 unspecified atom stereocenters. The van der Waals surface area contributed by atoms with Crippen molar-refractivity contribution in [3.8, 4) is 0 Å². The standard InChI is InChI=1S/C19H22N2O3/c1-14-8-4-5-9-15(14)13-21(2)18(22)12-20-17-11-7-6-10-16(17)19(23)24-3/h4-11,20H,12-13H2,1-3H3. The Labute approximate surface area is 142 Å². The molecule has 126 valence electrons. The summed E-state index contributed by atoms with van der Waals surface area (Å²) in [5, 5.41) is 3.02. The van der Waals surface area contributed by atoms with Gasteiger partial charge in [0.15, 0.2) is 0 Å². The summed E-state index contributed by atoms with van der Waals surface area (Å²) in [5.74, 6) is -0.489. The number of nitrogens with zero attached hydrogens (tertiary/aromatic N) is 1. The first-order valence-electron chi connectivity index (χ1n) is 7.72. The molecule has 0 saturated carbocycles. The zero-order valence-corrected chi connectivity index (χ0v) is 14.2. The quantitative estimate of drug-likeness (QED) is 0.829. The van der Waals surface area contributed by atoms with Crippen LogP contribution in [0.3, 0.4) is 0 Å². The summed E-state index contributed by atoms with van der Waals surface area (Å²) in [7, 11) is 3.10. The highest BCUT2D eigenvalue weighted by Crippen LogP contribution is 2.16. The summed E-state index contributed by atoms with van der Waals surface area (Å²) in [4.78, 5) is 25.7. The van der Waals surface area contributed by atoms with E-state index in [2.05, 4.69) is 5.32 Å². The van der Waals surface area contributed by atoms with Crippen LogP contribution in [0.1, 0.15) is 21.5 Å². The Bertz CT molecular complexity index is 728. The maximum Gasteiger partial charge on any atom is 0.339 e. The maximum absolute atomic E-state index is 12.3. The van der Waals surface area contributed by atoms with Gasteiger partial charge in [0.2, 0.25) is 5.91 Å². The largest absolute Gasteiger partial charge is 0.465 e. The number of benzene rings is 2. The highest BCUT2D eigenvalue weighted by molar-refractivity contribution is 5.96. The number of rotatable bonds is 6. The SMILES string of the molecule is COC(=O)c1ccccc1NCC(=O)N(C)Cc1ccccc1C. The minimum absolute atomic E-state index is 0.0575. The molecule has 0 saturated heterocycles. The summed E-state index contributed by atoms with van der Waals surface area (Å²) >= 11 is 0. The van der Waals surface area contributed by atoms with Crippen LogP contribution in [0.4, 0.5) is 5.69 Å². The van der Waals surface area contributed by atoms with Crippen molar-refractivity contribution in [1.82, 2.24) is 4.90 Å². The fraction of sp³-hybridized carbons (Fsp3) is 0.263. The summed E-state index contributed by atoms with van der Waals surface area (Å²) < 4.78 is 4.75. The zero-order chi connectivity index (χ0) is 17.5. The van der Waals surface area contributed by atoms with Crippen LogP contribution in [0, 0.1) is 6.92 Å². The van der Waals surface area contributed by atoms with Gasteiger partial charge in [0.05, 0.1) is 19.2 Å². The number of hydrogen-bond donors (Lipinski definition) is 1. The third kappa shape index (κ3) is 4.35. The van der Waals surface area contributed by atoms with Gasteiger partial charge in [0, 0.05) is 19.3 Å². The molecule has 1 amide bonds. The average Bonchev–Trinajstić information content (AvgIpc) is 2.61. The highest BCUT2D eigenvalue weighted by atomic mass is 16.5. The second-order valence-electron chi connectivity index (χ2n) is 5.57. The smallest absolute Gasteiger partial charge is 0.339 e. The topological polar surface area (TPSA) is 58.6 Å². The van der Waals surface area contributed by atoms with Crippen molar-refractivity contribution in [2.24, 2.45) is 0 Å². The zero-order valence-electron chi connectivity index (χ0n) is 14.2. The van der Waals surface area contributed by atoms with Crippen molar-refractivity contribution in [3.63, 3.8) is 0 Å². The number of para-hydroxylation sites is 1. The lowest BCUT2D eigenvalue weighted by atomic mass is 10.1. The lowest BCUT2D eigenvalue weighted by molar-refractivity contribution is -0.128. The fourth-order valence-corrected chi connectivity index (χ4v) is 2.36. The number of aryl methyl sites for hydroxylation is 1. The Kier molecular flexibility index (Phi) is 5.95. The molecule has 0 aliphatic rings. The minimum Gasteiger partial charge on any atom is -0.465 e. The first-order valence-corrected chi connectivity index (χ1v) is 7.72. The molecule has 0 aliphatic heterocycles. The van der Waals surface area contributed by atoms with E-state index in [1.807, 2.05) is 31.2 Å². The van der Waals surface area contributed by atoms with Gasteiger partial charge in [-0.2, -0.15) is 0 Å². The summed E-state index contributed by atoms with van der Waals surface area (Å²) in [5.41, 5.74) is 3.26. The van der Waals surface area contributed by atoms with Crippen LogP contribution in [0.2, 0.25) is 0 Å².